The van der Waals surface area contributed by atoms with E-state index in [2.05, 4.69) is 15.7 Å². The molecule has 8 heteroatoms. The summed E-state index contributed by atoms with van der Waals surface area (Å²) in [6.07, 6.45) is -1.92. The lowest BCUT2D eigenvalue weighted by Crippen LogP contribution is -2.45. The van der Waals surface area contributed by atoms with Crippen LogP contribution in [0, 0.1) is 0 Å². The van der Waals surface area contributed by atoms with Crippen LogP contribution in [0.15, 0.2) is 54.6 Å². The quantitative estimate of drug-likeness (QED) is 0.838. The van der Waals surface area contributed by atoms with E-state index in [0.29, 0.717) is 31.6 Å². The molecular weight excluding hydrogens is 383 g/mol. The van der Waals surface area contributed by atoms with Crippen molar-refractivity contribution in [3.8, 4) is 5.75 Å². The monoisotopic (exact) mass is 403 g/mol. The maximum Gasteiger partial charge on any atom is 0.573 e. The summed E-state index contributed by atoms with van der Waals surface area (Å²) in [7, 11) is 0. The Morgan fingerprint density at radius 3 is 2.72 bits per heavy atom. The van der Waals surface area contributed by atoms with Gasteiger partial charge in [-0.05, 0) is 35.8 Å². The third-order valence-corrected chi connectivity index (χ3v) is 5.21. The number of halogens is 3. The summed E-state index contributed by atoms with van der Waals surface area (Å²) in [5.41, 5.74) is 9.38. The molecule has 2 aromatic rings. The minimum Gasteiger partial charge on any atom is -0.406 e. The Bertz CT molecular complexity index is 958. The number of alkyl halides is 3. The van der Waals surface area contributed by atoms with Gasteiger partial charge in [-0.25, -0.2) is 4.79 Å². The third-order valence-electron chi connectivity index (χ3n) is 5.21. The number of urea groups is 1. The molecule has 29 heavy (non-hydrogen) atoms. The van der Waals surface area contributed by atoms with Crippen LogP contribution < -0.4 is 15.4 Å². The van der Waals surface area contributed by atoms with E-state index in [1.54, 1.807) is 11.0 Å². The van der Waals surface area contributed by atoms with Gasteiger partial charge in [-0.15, -0.1) is 13.2 Å². The minimum atomic E-state index is -4.74. The largest absolute Gasteiger partial charge is 0.573 e. The highest BCUT2D eigenvalue weighted by Gasteiger charge is 2.37. The van der Waals surface area contributed by atoms with Crippen molar-refractivity contribution >= 4 is 17.3 Å². The zero-order valence-electron chi connectivity index (χ0n) is 15.5. The number of anilines is 1. The number of nitrogens with two attached hydrogens (primary N) is 1. The Morgan fingerprint density at radius 1 is 1.17 bits per heavy atom. The van der Waals surface area contributed by atoms with Gasteiger partial charge in [-0.1, -0.05) is 36.4 Å². The predicted molar refractivity (Wildman–Crippen MR) is 103 cm³/mol. The first-order valence-corrected chi connectivity index (χ1v) is 9.27. The zero-order valence-corrected chi connectivity index (χ0v) is 15.5. The van der Waals surface area contributed by atoms with Crippen LogP contribution in [0.2, 0.25) is 0 Å². The highest BCUT2D eigenvalue weighted by Crippen LogP contribution is 2.42. The molecule has 0 bridgehead atoms. The fraction of sp³-hybridized carbons (Fsp3) is 0.286. The summed E-state index contributed by atoms with van der Waals surface area (Å²) in [6.45, 7) is 1.34. The maximum atomic E-state index is 12.6. The average Bonchev–Trinajstić information content (AvgIpc) is 2.80. The van der Waals surface area contributed by atoms with Crippen molar-refractivity contribution in [2.75, 3.05) is 18.0 Å². The first-order chi connectivity index (χ1) is 13.8. The second kappa shape index (κ2) is 7.35. The van der Waals surface area contributed by atoms with E-state index in [4.69, 9.17) is 5.73 Å². The molecule has 0 aromatic heterocycles. The van der Waals surface area contributed by atoms with E-state index < -0.39 is 12.4 Å². The fourth-order valence-electron chi connectivity index (χ4n) is 4.04. The molecule has 1 unspecified atom stereocenters. The summed E-state index contributed by atoms with van der Waals surface area (Å²) in [5.74, 6) is -0.252. The van der Waals surface area contributed by atoms with Gasteiger partial charge in [0.1, 0.15) is 5.75 Å². The van der Waals surface area contributed by atoms with Crippen LogP contribution in [0.5, 0.6) is 5.75 Å². The predicted octanol–water partition coefficient (Wildman–Crippen LogP) is 4.14. The fourth-order valence-corrected chi connectivity index (χ4v) is 4.04. The molecular formula is C21H20F3N3O2. The zero-order chi connectivity index (χ0) is 20.6. The lowest BCUT2D eigenvalue weighted by Gasteiger charge is -2.31. The van der Waals surface area contributed by atoms with Crippen molar-refractivity contribution in [3.63, 3.8) is 0 Å². The molecule has 2 N–H and O–H groups in total. The Morgan fingerprint density at radius 2 is 1.97 bits per heavy atom. The summed E-state index contributed by atoms with van der Waals surface area (Å²) >= 11 is 0. The van der Waals surface area contributed by atoms with Crippen LogP contribution >= 0.6 is 0 Å². The number of rotatable bonds is 3. The summed E-state index contributed by atoms with van der Waals surface area (Å²) in [4.78, 5) is 15.5. The van der Waals surface area contributed by atoms with Crippen LogP contribution in [0.1, 0.15) is 17.5 Å². The highest BCUT2D eigenvalue weighted by molar-refractivity contribution is 5.89. The normalized spacial score (nSPS) is 18.6. The van der Waals surface area contributed by atoms with Crippen LogP contribution in [0.4, 0.5) is 23.7 Å². The number of ether oxygens (including phenoxy) is 1. The summed E-state index contributed by atoms with van der Waals surface area (Å²) < 4.78 is 41.8. The van der Waals surface area contributed by atoms with Gasteiger partial charge >= 0.3 is 12.4 Å². The van der Waals surface area contributed by atoms with E-state index >= 15 is 0 Å². The van der Waals surface area contributed by atoms with Crippen molar-refractivity contribution in [3.05, 3.63) is 65.7 Å². The molecule has 0 radical (unpaired) electrons. The molecule has 4 rings (SSSR count). The van der Waals surface area contributed by atoms with Gasteiger partial charge in [0.15, 0.2) is 0 Å². The molecule has 0 saturated carbocycles. The number of primary amides is 1. The number of hydrogen-bond donors (Lipinski definition) is 1. The van der Waals surface area contributed by atoms with Crippen molar-refractivity contribution in [2.45, 2.75) is 25.4 Å². The van der Waals surface area contributed by atoms with Crippen LogP contribution in [0.25, 0.3) is 5.57 Å². The molecule has 1 atom stereocenters. The van der Waals surface area contributed by atoms with Crippen LogP contribution in [0.3, 0.4) is 0 Å². The van der Waals surface area contributed by atoms with Crippen molar-refractivity contribution in [1.29, 1.82) is 0 Å². The molecule has 2 heterocycles. The van der Waals surface area contributed by atoms with Gasteiger partial charge in [-0.2, -0.15) is 0 Å². The second-order valence-corrected chi connectivity index (χ2v) is 7.09. The topological polar surface area (TPSA) is 58.8 Å². The smallest absolute Gasteiger partial charge is 0.406 e. The molecule has 2 aliphatic heterocycles. The van der Waals surface area contributed by atoms with Crippen LogP contribution in [-0.2, 0) is 6.54 Å². The second-order valence-electron chi connectivity index (χ2n) is 7.09. The Hall–Kier alpha value is -3.16. The number of amides is 2. The first kappa shape index (κ1) is 19.2. The van der Waals surface area contributed by atoms with Crippen molar-refractivity contribution < 1.29 is 22.7 Å². The molecule has 0 fully saturated rings. The van der Waals surface area contributed by atoms with Gasteiger partial charge in [0.2, 0.25) is 0 Å². The van der Waals surface area contributed by atoms with E-state index in [0.717, 1.165) is 16.8 Å². The molecule has 0 aliphatic carbocycles. The number of benzene rings is 2. The maximum absolute atomic E-state index is 12.6. The molecule has 152 valence electrons. The van der Waals surface area contributed by atoms with Gasteiger partial charge in [-0.3, -0.25) is 0 Å². The minimum absolute atomic E-state index is 0.116. The number of para-hydroxylation sites is 1. The highest BCUT2D eigenvalue weighted by atomic mass is 19.4. The number of nitrogens with zero attached hydrogens (tertiary/aromatic N) is 2. The number of carbonyl (C=O) groups is 1. The molecule has 2 aliphatic rings. The Kier molecular flexibility index (Phi) is 4.86. The van der Waals surface area contributed by atoms with Gasteiger partial charge in [0, 0.05) is 30.9 Å². The lowest BCUT2D eigenvalue weighted by molar-refractivity contribution is -0.274. The van der Waals surface area contributed by atoms with Crippen molar-refractivity contribution in [1.82, 2.24) is 4.90 Å². The summed E-state index contributed by atoms with van der Waals surface area (Å²) in [5, 5.41) is 0. The third kappa shape index (κ3) is 4.01. The standard InChI is InChI=1S/C21H20F3N3O2/c22-21(23,24)29-15-6-3-5-14(11-15)12-27-18-9-2-1-7-16(18)17-8-4-10-26(20(25)28)13-19(17)27/h1-3,5-9,11,19H,4,10,12-13H2,(H2,25,28). The lowest BCUT2D eigenvalue weighted by atomic mass is 10.0. The number of carbonyl (C=O) groups excluding carboxylic acids is 1. The molecule has 2 amide bonds. The SMILES string of the molecule is NC(=O)N1CCC=C2c3ccccc3N(Cc3cccc(OC(F)(F)F)c3)C2C1. The van der Waals surface area contributed by atoms with E-state index in [1.165, 1.54) is 18.2 Å². The Labute approximate surface area is 166 Å². The van der Waals surface area contributed by atoms with Crippen molar-refractivity contribution in [2.24, 2.45) is 5.73 Å². The van der Waals surface area contributed by atoms with Gasteiger partial charge in [0.25, 0.3) is 0 Å². The van der Waals surface area contributed by atoms with E-state index in [-0.39, 0.29) is 11.8 Å². The van der Waals surface area contributed by atoms with E-state index in [1.807, 2.05) is 24.3 Å². The number of fused-ring (bicyclic) bond motifs is 3. The number of hydrogen-bond acceptors (Lipinski definition) is 3. The average molecular weight is 403 g/mol. The first-order valence-electron chi connectivity index (χ1n) is 9.27. The van der Waals surface area contributed by atoms with Gasteiger partial charge < -0.3 is 20.3 Å². The molecule has 0 saturated heterocycles. The van der Waals surface area contributed by atoms with Crippen LogP contribution in [-0.4, -0.2) is 36.4 Å². The van der Waals surface area contributed by atoms with E-state index in [9.17, 15) is 18.0 Å². The molecule has 2 aromatic carbocycles. The molecule has 0 spiro atoms. The molecule has 5 nitrogen and oxygen atoms in total. The van der Waals surface area contributed by atoms with Gasteiger partial charge in [0.05, 0.1) is 6.04 Å². The summed E-state index contributed by atoms with van der Waals surface area (Å²) in [6, 6.07) is 13.3. The Balaban J connectivity index is 1.67.